The number of alkyl halides is 1. The van der Waals surface area contributed by atoms with Gasteiger partial charge in [-0.2, -0.15) is 0 Å². The lowest BCUT2D eigenvalue weighted by Crippen LogP contribution is -2.21. The maximum atomic E-state index is 11.9. The van der Waals surface area contributed by atoms with Crippen LogP contribution in [0.4, 0.5) is 0 Å². The maximum absolute atomic E-state index is 11.9. The topological polar surface area (TPSA) is 38.3 Å². The minimum atomic E-state index is -2.81. The van der Waals surface area contributed by atoms with Crippen molar-refractivity contribution >= 4 is 35.1 Å². The number of hydrogen-bond acceptors (Lipinski definition) is 2. The highest BCUT2D eigenvalue weighted by Crippen LogP contribution is 2.58. The van der Waals surface area contributed by atoms with Crippen molar-refractivity contribution < 1.29 is 9.09 Å². The molecule has 13 heavy (non-hydrogen) atoms. The number of rotatable bonds is 3. The van der Waals surface area contributed by atoms with Crippen LogP contribution in [0.1, 0.15) is 13.8 Å². The van der Waals surface area contributed by atoms with E-state index in [1.165, 1.54) is 0 Å². The first kappa shape index (κ1) is 11.7. The number of hydrogen-bond donors (Lipinski definition) is 1. The van der Waals surface area contributed by atoms with E-state index in [0.29, 0.717) is 12.4 Å². The Morgan fingerprint density at radius 2 is 2.38 bits per heavy atom. The number of nitrogens with one attached hydrogen (secondary N) is 1. The van der Waals surface area contributed by atoms with Crippen LogP contribution in [-0.2, 0) is 9.09 Å². The highest BCUT2D eigenvalue weighted by atomic mass is 79.9. The van der Waals surface area contributed by atoms with E-state index in [2.05, 4.69) is 21.0 Å². The summed E-state index contributed by atoms with van der Waals surface area (Å²) in [5.74, 6) is 2.01. The van der Waals surface area contributed by atoms with E-state index >= 15 is 0 Å². The first-order chi connectivity index (χ1) is 5.90. The first-order valence-electron chi connectivity index (χ1n) is 3.90. The summed E-state index contributed by atoms with van der Waals surface area (Å²) in [7, 11) is -2.81. The average Bonchev–Trinajstić information content (AvgIpc) is 2.18. The van der Waals surface area contributed by atoms with Gasteiger partial charge in [0.25, 0.3) is 7.52 Å². The van der Waals surface area contributed by atoms with E-state index in [4.69, 9.17) is 16.1 Å². The molecule has 1 heterocycles. The predicted octanol–water partition coefficient (Wildman–Crippen LogP) is 3.05. The fourth-order valence-corrected chi connectivity index (χ4v) is 4.25. The Morgan fingerprint density at radius 3 is 2.77 bits per heavy atom. The van der Waals surface area contributed by atoms with Crippen molar-refractivity contribution in [2.45, 2.75) is 19.4 Å². The molecular formula is C7H12BrClNO2P. The molecule has 1 atom stereocenters. The van der Waals surface area contributed by atoms with Gasteiger partial charge < -0.3 is 4.52 Å². The molecule has 0 aromatic heterocycles. The predicted molar refractivity (Wildman–Crippen MR) is 58.5 cm³/mol. The summed E-state index contributed by atoms with van der Waals surface area (Å²) >= 11 is 8.80. The third-order valence-corrected chi connectivity index (χ3v) is 5.37. The summed E-state index contributed by atoms with van der Waals surface area (Å²) < 4.78 is 18.1. The van der Waals surface area contributed by atoms with E-state index in [1.807, 2.05) is 13.8 Å². The maximum Gasteiger partial charge on any atom is 0.294 e. The molecule has 0 fully saturated rings. The van der Waals surface area contributed by atoms with Crippen molar-refractivity contribution in [1.29, 1.82) is 0 Å². The molecule has 0 radical (unpaired) electrons. The summed E-state index contributed by atoms with van der Waals surface area (Å²) in [5, 5.41) is 2.79. The van der Waals surface area contributed by atoms with Gasteiger partial charge in [-0.05, 0) is 13.8 Å². The molecule has 1 N–H and O–H groups in total. The highest BCUT2D eigenvalue weighted by molar-refractivity contribution is 9.11. The minimum absolute atomic E-state index is 0.416. The van der Waals surface area contributed by atoms with Crippen LogP contribution >= 0.6 is 35.1 Å². The van der Waals surface area contributed by atoms with Crippen molar-refractivity contribution in [2.75, 3.05) is 12.4 Å². The lowest BCUT2D eigenvalue weighted by Gasteiger charge is -2.20. The molecule has 1 unspecified atom stereocenters. The highest BCUT2D eigenvalue weighted by Gasteiger charge is 2.39. The lowest BCUT2D eigenvalue weighted by molar-refractivity contribution is 0.173. The molecule has 0 saturated carbocycles. The van der Waals surface area contributed by atoms with E-state index in [0.717, 1.165) is 4.48 Å². The van der Waals surface area contributed by atoms with Gasteiger partial charge >= 0.3 is 0 Å². The van der Waals surface area contributed by atoms with E-state index in [-0.39, 0.29) is 0 Å². The first-order valence-corrected chi connectivity index (χ1v) is 6.92. The van der Waals surface area contributed by atoms with Gasteiger partial charge in [-0.1, -0.05) is 15.9 Å². The molecule has 0 spiro atoms. The quantitative estimate of drug-likeness (QED) is 0.641. The van der Waals surface area contributed by atoms with Crippen LogP contribution in [0.15, 0.2) is 10.3 Å². The van der Waals surface area contributed by atoms with Gasteiger partial charge in [-0.15, -0.1) is 11.6 Å². The normalized spacial score (nSPS) is 31.8. The Kier molecular flexibility index (Phi) is 3.64. The summed E-state index contributed by atoms with van der Waals surface area (Å²) in [6, 6.07) is 0. The molecule has 3 nitrogen and oxygen atoms in total. The second-order valence-electron chi connectivity index (χ2n) is 3.27. The Morgan fingerprint density at radius 1 is 1.77 bits per heavy atom. The van der Waals surface area contributed by atoms with E-state index < -0.39 is 13.1 Å². The molecule has 0 saturated heterocycles. The molecule has 0 aromatic carbocycles. The molecule has 6 heteroatoms. The Balaban J connectivity index is 2.72. The zero-order valence-electron chi connectivity index (χ0n) is 7.51. The third kappa shape index (κ3) is 2.80. The van der Waals surface area contributed by atoms with Crippen molar-refractivity contribution in [3.8, 4) is 0 Å². The molecule has 0 aromatic rings. The third-order valence-electron chi connectivity index (χ3n) is 1.65. The molecule has 0 bridgehead atoms. The van der Waals surface area contributed by atoms with Crippen LogP contribution in [0.2, 0.25) is 0 Å². The van der Waals surface area contributed by atoms with Crippen LogP contribution in [0, 0.1) is 0 Å². The Bertz CT molecular complexity index is 280. The molecular weight excluding hydrogens is 276 g/mol. The summed E-state index contributed by atoms with van der Waals surface area (Å²) in [5.41, 5.74) is -0.505. The monoisotopic (exact) mass is 287 g/mol. The van der Waals surface area contributed by atoms with Crippen molar-refractivity contribution in [3.63, 3.8) is 0 Å². The Labute approximate surface area is 91.5 Å². The number of halogens is 2. The van der Waals surface area contributed by atoms with Gasteiger partial charge in [0.1, 0.15) is 5.60 Å². The smallest absolute Gasteiger partial charge is 0.294 e. The zero-order valence-corrected chi connectivity index (χ0v) is 10.7. The van der Waals surface area contributed by atoms with Crippen LogP contribution in [-0.4, -0.2) is 18.0 Å². The van der Waals surface area contributed by atoms with E-state index in [1.54, 1.807) is 5.82 Å². The van der Waals surface area contributed by atoms with Gasteiger partial charge in [-0.3, -0.25) is 4.57 Å². The van der Waals surface area contributed by atoms with Crippen LogP contribution < -0.4 is 5.09 Å². The van der Waals surface area contributed by atoms with Crippen molar-refractivity contribution in [2.24, 2.45) is 0 Å². The van der Waals surface area contributed by atoms with Gasteiger partial charge in [0, 0.05) is 22.7 Å². The van der Waals surface area contributed by atoms with Crippen LogP contribution in [0.25, 0.3) is 0 Å². The fraction of sp³-hybridized carbons (Fsp3) is 0.714. The largest absolute Gasteiger partial charge is 0.303 e. The van der Waals surface area contributed by atoms with Crippen molar-refractivity contribution in [1.82, 2.24) is 5.09 Å². The SMILES string of the molecule is CC1(C)OP(=O)(NCCCl)C=C1Br. The summed E-state index contributed by atoms with van der Waals surface area (Å²) in [6.45, 7) is 4.19. The van der Waals surface area contributed by atoms with Crippen LogP contribution in [0.3, 0.4) is 0 Å². The summed E-state index contributed by atoms with van der Waals surface area (Å²) in [6.07, 6.45) is 0. The second kappa shape index (κ2) is 4.03. The fourth-order valence-electron chi connectivity index (χ4n) is 0.990. The standard InChI is InChI=1S/C7H12BrClNO2P/c1-7(2)6(8)5-13(11,12-7)10-4-3-9/h5H,3-4H2,1-2H3,(H,10,11). The van der Waals surface area contributed by atoms with Gasteiger partial charge in [0.05, 0.1) is 0 Å². The minimum Gasteiger partial charge on any atom is -0.303 e. The molecule has 1 aliphatic heterocycles. The van der Waals surface area contributed by atoms with Crippen molar-refractivity contribution in [3.05, 3.63) is 10.3 Å². The molecule has 76 valence electrons. The van der Waals surface area contributed by atoms with Gasteiger partial charge in [0.15, 0.2) is 0 Å². The second-order valence-corrected chi connectivity index (χ2v) is 6.46. The Hall–Kier alpha value is 0.660. The molecule has 1 aliphatic rings. The zero-order chi connectivity index (χ0) is 10.1. The lowest BCUT2D eigenvalue weighted by atomic mass is 10.1. The molecule has 1 rings (SSSR count). The van der Waals surface area contributed by atoms with E-state index in [9.17, 15) is 4.57 Å². The van der Waals surface area contributed by atoms with Gasteiger partial charge in [-0.25, -0.2) is 5.09 Å². The summed E-state index contributed by atoms with van der Waals surface area (Å²) in [4.78, 5) is 0. The molecule has 0 amide bonds. The average molecular weight is 289 g/mol. The molecule has 0 aliphatic carbocycles. The van der Waals surface area contributed by atoms with Gasteiger partial charge in [0.2, 0.25) is 0 Å². The van der Waals surface area contributed by atoms with Crippen LogP contribution in [0.5, 0.6) is 0 Å².